The molecule has 0 spiro atoms. The smallest absolute Gasteiger partial charge is 0.144 e. The molecule has 0 unspecified atom stereocenters. The molecule has 5 aromatic carbocycles. The molecule has 0 atom stereocenters. The molecule has 9 aromatic rings. The number of furan rings is 1. The van der Waals surface area contributed by atoms with Gasteiger partial charge in [0.05, 0.1) is 27.9 Å². The van der Waals surface area contributed by atoms with Gasteiger partial charge in [0.2, 0.25) is 0 Å². The summed E-state index contributed by atoms with van der Waals surface area (Å²) in [6.45, 7) is 0. The summed E-state index contributed by atoms with van der Waals surface area (Å²) in [6, 6.07) is 41.9. The molecule has 0 aliphatic carbocycles. The van der Waals surface area contributed by atoms with Gasteiger partial charge in [-0.05, 0) is 53.2 Å². The van der Waals surface area contributed by atoms with Gasteiger partial charge in [-0.3, -0.25) is 4.98 Å². The fraction of sp³-hybridized carbons (Fsp3) is 0. The third-order valence-corrected chi connectivity index (χ3v) is 8.12. The SMILES string of the molecule is c1cnc2c(c1)ccc1ccc(-c3ccc(-c4ccc5c(ccc6c7ccccc7oc56)n4)c4ccccc34)nc12. The second-order valence-corrected chi connectivity index (χ2v) is 10.4. The number of hydrogen-bond donors (Lipinski definition) is 0. The fourth-order valence-electron chi connectivity index (χ4n) is 6.16. The van der Waals surface area contributed by atoms with Crippen molar-refractivity contribution in [3.05, 3.63) is 128 Å². The fourth-order valence-corrected chi connectivity index (χ4v) is 6.16. The van der Waals surface area contributed by atoms with Crippen LogP contribution in [0.4, 0.5) is 0 Å². The highest BCUT2D eigenvalue weighted by Crippen LogP contribution is 2.38. The molecule has 190 valence electrons. The molecular formula is C37H21N3O. The molecule has 4 heteroatoms. The van der Waals surface area contributed by atoms with E-state index in [2.05, 4.69) is 102 Å². The molecule has 41 heavy (non-hydrogen) atoms. The molecule has 0 bridgehead atoms. The van der Waals surface area contributed by atoms with Crippen molar-refractivity contribution in [1.82, 2.24) is 15.0 Å². The van der Waals surface area contributed by atoms with E-state index in [1.807, 2.05) is 30.5 Å². The number of fused-ring (bicyclic) bond motifs is 9. The van der Waals surface area contributed by atoms with Gasteiger partial charge in [0.15, 0.2) is 0 Å². The molecule has 0 saturated heterocycles. The Morgan fingerprint density at radius 1 is 0.439 bits per heavy atom. The van der Waals surface area contributed by atoms with E-state index in [9.17, 15) is 0 Å². The van der Waals surface area contributed by atoms with E-state index in [-0.39, 0.29) is 0 Å². The molecule has 0 aliphatic rings. The molecule has 0 amide bonds. The number of rotatable bonds is 2. The van der Waals surface area contributed by atoms with Gasteiger partial charge in [0, 0.05) is 44.3 Å². The quantitative estimate of drug-likeness (QED) is 0.212. The van der Waals surface area contributed by atoms with E-state index in [0.717, 1.165) is 87.9 Å². The number of aromatic nitrogens is 3. The van der Waals surface area contributed by atoms with Gasteiger partial charge in [-0.25, -0.2) is 9.97 Å². The van der Waals surface area contributed by atoms with Gasteiger partial charge >= 0.3 is 0 Å². The predicted molar refractivity (Wildman–Crippen MR) is 168 cm³/mol. The first-order valence-electron chi connectivity index (χ1n) is 13.7. The maximum absolute atomic E-state index is 6.25. The predicted octanol–water partition coefficient (Wildman–Crippen LogP) is 9.72. The molecule has 4 heterocycles. The summed E-state index contributed by atoms with van der Waals surface area (Å²) in [7, 11) is 0. The minimum atomic E-state index is 0.882. The zero-order chi connectivity index (χ0) is 26.9. The summed E-state index contributed by atoms with van der Waals surface area (Å²) < 4.78 is 6.25. The molecular weight excluding hydrogens is 502 g/mol. The number of pyridine rings is 3. The van der Waals surface area contributed by atoms with E-state index in [1.54, 1.807) is 0 Å². The van der Waals surface area contributed by atoms with Crippen molar-refractivity contribution in [3.8, 4) is 22.5 Å². The molecule has 0 N–H and O–H groups in total. The molecule has 9 rings (SSSR count). The van der Waals surface area contributed by atoms with Crippen LogP contribution in [0.1, 0.15) is 0 Å². The van der Waals surface area contributed by atoms with Gasteiger partial charge in [-0.2, -0.15) is 0 Å². The topological polar surface area (TPSA) is 51.8 Å². The van der Waals surface area contributed by atoms with Crippen LogP contribution in [0.15, 0.2) is 132 Å². The number of nitrogens with zero attached hydrogens (tertiary/aromatic N) is 3. The molecule has 0 saturated carbocycles. The third kappa shape index (κ3) is 3.31. The van der Waals surface area contributed by atoms with Gasteiger partial charge < -0.3 is 4.42 Å². The van der Waals surface area contributed by atoms with Crippen LogP contribution in [0, 0.1) is 0 Å². The minimum absolute atomic E-state index is 0.882. The molecule has 0 aliphatic heterocycles. The van der Waals surface area contributed by atoms with Crippen LogP contribution in [0.2, 0.25) is 0 Å². The second-order valence-electron chi connectivity index (χ2n) is 10.4. The average molecular weight is 524 g/mol. The van der Waals surface area contributed by atoms with Crippen LogP contribution < -0.4 is 0 Å². The summed E-state index contributed by atoms with van der Waals surface area (Å²) in [5.41, 5.74) is 8.56. The Morgan fingerprint density at radius 3 is 1.93 bits per heavy atom. The van der Waals surface area contributed by atoms with Gasteiger partial charge in [-0.1, -0.05) is 78.9 Å². The number of hydrogen-bond acceptors (Lipinski definition) is 4. The van der Waals surface area contributed by atoms with Gasteiger partial charge in [0.25, 0.3) is 0 Å². The highest BCUT2D eigenvalue weighted by atomic mass is 16.3. The third-order valence-electron chi connectivity index (χ3n) is 8.12. The largest absolute Gasteiger partial charge is 0.455 e. The van der Waals surface area contributed by atoms with Gasteiger partial charge in [0.1, 0.15) is 11.2 Å². The molecule has 0 radical (unpaired) electrons. The number of para-hydroxylation sites is 1. The van der Waals surface area contributed by atoms with Crippen LogP contribution in [0.25, 0.3) is 87.9 Å². The lowest BCUT2D eigenvalue weighted by molar-refractivity contribution is 0.672. The highest BCUT2D eigenvalue weighted by molar-refractivity contribution is 6.15. The molecule has 0 fully saturated rings. The van der Waals surface area contributed by atoms with Crippen molar-refractivity contribution in [3.63, 3.8) is 0 Å². The average Bonchev–Trinajstić information content (AvgIpc) is 3.43. The van der Waals surface area contributed by atoms with Crippen molar-refractivity contribution in [2.24, 2.45) is 0 Å². The van der Waals surface area contributed by atoms with Crippen LogP contribution in [-0.2, 0) is 0 Å². The zero-order valence-corrected chi connectivity index (χ0v) is 21.9. The lowest BCUT2D eigenvalue weighted by Crippen LogP contribution is -1.92. The first kappa shape index (κ1) is 22.2. The van der Waals surface area contributed by atoms with E-state index >= 15 is 0 Å². The highest BCUT2D eigenvalue weighted by Gasteiger charge is 2.15. The zero-order valence-electron chi connectivity index (χ0n) is 21.9. The lowest BCUT2D eigenvalue weighted by atomic mass is 9.95. The Hall–Kier alpha value is -5.61. The maximum Gasteiger partial charge on any atom is 0.144 e. The van der Waals surface area contributed by atoms with Crippen molar-refractivity contribution in [2.45, 2.75) is 0 Å². The second kappa shape index (κ2) is 8.44. The Bertz CT molecular complexity index is 2490. The standard InChI is InChI=1S/C37H21N3O/c1-2-8-25-24(7-1)26(14-15-27(25)32-18-13-23-12-11-22-6-5-21-38-35(22)36(23)40-32)31-20-17-30-33(39-31)19-16-29-28-9-3-4-10-34(28)41-37(29)30/h1-21H. The van der Waals surface area contributed by atoms with Gasteiger partial charge in [-0.15, -0.1) is 0 Å². The Morgan fingerprint density at radius 2 is 1.10 bits per heavy atom. The monoisotopic (exact) mass is 523 g/mol. The lowest BCUT2D eigenvalue weighted by Gasteiger charge is -2.12. The summed E-state index contributed by atoms with van der Waals surface area (Å²) in [5, 5.41) is 7.71. The summed E-state index contributed by atoms with van der Waals surface area (Å²) in [4.78, 5) is 14.9. The Kier molecular flexibility index (Phi) is 4.58. The summed E-state index contributed by atoms with van der Waals surface area (Å²) in [5.74, 6) is 0. The normalized spacial score (nSPS) is 11.9. The van der Waals surface area contributed by atoms with Crippen LogP contribution >= 0.6 is 0 Å². The van der Waals surface area contributed by atoms with Crippen molar-refractivity contribution in [1.29, 1.82) is 0 Å². The van der Waals surface area contributed by atoms with E-state index < -0.39 is 0 Å². The summed E-state index contributed by atoms with van der Waals surface area (Å²) in [6.07, 6.45) is 1.83. The van der Waals surface area contributed by atoms with Crippen LogP contribution in [-0.4, -0.2) is 15.0 Å². The maximum atomic E-state index is 6.25. The molecule has 4 nitrogen and oxygen atoms in total. The van der Waals surface area contributed by atoms with Crippen molar-refractivity contribution >= 4 is 65.4 Å². The molecule has 4 aromatic heterocycles. The van der Waals surface area contributed by atoms with Crippen molar-refractivity contribution < 1.29 is 4.42 Å². The van der Waals surface area contributed by atoms with E-state index in [1.165, 1.54) is 0 Å². The Labute approximate surface area is 234 Å². The van der Waals surface area contributed by atoms with Crippen LogP contribution in [0.3, 0.4) is 0 Å². The number of benzene rings is 5. The summed E-state index contributed by atoms with van der Waals surface area (Å²) >= 11 is 0. The Balaban J connectivity index is 1.22. The van der Waals surface area contributed by atoms with Crippen LogP contribution in [0.5, 0.6) is 0 Å². The first-order valence-corrected chi connectivity index (χ1v) is 13.7. The van der Waals surface area contributed by atoms with E-state index in [0.29, 0.717) is 0 Å². The minimum Gasteiger partial charge on any atom is -0.455 e. The van der Waals surface area contributed by atoms with E-state index in [4.69, 9.17) is 14.4 Å². The first-order chi connectivity index (χ1) is 20.3. The van der Waals surface area contributed by atoms with Crippen molar-refractivity contribution in [2.75, 3.05) is 0 Å².